The Morgan fingerprint density at radius 2 is 2.43 bits per heavy atom. The molecular weight excluding hydrogens is 248 g/mol. The summed E-state index contributed by atoms with van der Waals surface area (Å²) in [6.07, 6.45) is 3.06. The van der Waals surface area contributed by atoms with E-state index < -0.39 is 0 Å². The molecule has 0 aromatic carbocycles. The molecule has 0 radical (unpaired) electrons. The van der Waals surface area contributed by atoms with Gasteiger partial charge < -0.3 is 4.74 Å². The molecular formula is C9H7BrN2O2. The molecule has 0 spiro atoms. The number of aromatic nitrogens is 1. The van der Waals surface area contributed by atoms with E-state index in [0.29, 0.717) is 15.6 Å². The molecule has 1 aromatic heterocycles. The lowest BCUT2D eigenvalue weighted by Crippen LogP contribution is -2.06. The molecule has 5 heteroatoms. The molecule has 0 atom stereocenters. The van der Waals surface area contributed by atoms with Gasteiger partial charge in [0.25, 0.3) is 0 Å². The summed E-state index contributed by atoms with van der Waals surface area (Å²) in [5.41, 5.74) is 0.985. The molecule has 0 fully saturated rings. The lowest BCUT2D eigenvalue weighted by Gasteiger charge is -2.02. The lowest BCUT2D eigenvalue weighted by atomic mass is 10.1. The molecule has 14 heavy (non-hydrogen) atoms. The Morgan fingerprint density at radius 3 is 3.00 bits per heavy atom. The fourth-order valence-electron chi connectivity index (χ4n) is 0.962. The van der Waals surface area contributed by atoms with Crippen LogP contribution in [0.15, 0.2) is 16.9 Å². The standard InChI is InChI=1S/C9H7BrN2O2/c1-14-9(13)2-6-4-12-5-8(10)7(6)3-11/h4-5H,2H2,1H3. The second-order valence-corrected chi connectivity index (χ2v) is 3.37. The maximum atomic E-state index is 11.0. The lowest BCUT2D eigenvalue weighted by molar-refractivity contribution is -0.139. The fraction of sp³-hybridized carbons (Fsp3) is 0.222. The van der Waals surface area contributed by atoms with Crippen LogP contribution in [0, 0.1) is 11.3 Å². The van der Waals surface area contributed by atoms with E-state index in [1.165, 1.54) is 19.5 Å². The van der Waals surface area contributed by atoms with Crippen LogP contribution in [0.25, 0.3) is 0 Å². The smallest absolute Gasteiger partial charge is 0.310 e. The van der Waals surface area contributed by atoms with Crippen molar-refractivity contribution in [3.63, 3.8) is 0 Å². The highest BCUT2D eigenvalue weighted by molar-refractivity contribution is 9.10. The summed E-state index contributed by atoms with van der Waals surface area (Å²) >= 11 is 3.18. The van der Waals surface area contributed by atoms with Gasteiger partial charge in [-0.25, -0.2) is 0 Å². The van der Waals surface area contributed by atoms with Crippen LogP contribution in [0.2, 0.25) is 0 Å². The minimum atomic E-state index is -0.388. The predicted molar refractivity (Wildman–Crippen MR) is 52.4 cm³/mol. The maximum Gasteiger partial charge on any atom is 0.310 e. The van der Waals surface area contributed by atoms with Gasteiger partial charge in [-0.05, 0) is 15.9 Å². The van der Waals surface area contributed by atoms with Crippen molar-refractivity contribution in [3.05, 3.63) is 28.0 Å². The monoisotopic (exact) mass is 254 g/mol. The summed E-state index contributed by atoms with van der Waals surface area (Å²) in [6.45, 7) is 0. The molecule has 0 bridgehead atoms. The van der Waals surface area contributed by atoms with Crippen LogP contribution >= 0.6 is 15.9 Å². The largest absolute Gasteiger partial charge is 0.469 e. The molecule has 0 aliphatic rings. The highest BCUT2D eigenvalue weighted by Gasteiger charge is 2.10. The van der Waals surface area contributed by atoms with Crippen LogP contribution in [0.4, 0.5) is 0 Å². The third kappa shape index (κ3) is 2.30. The van der Waals surface area contributed by atoms with E-state index >= 15 is 0 Å². The molecule has 0 aliphatic carbocycles. The first-order valence-electron chi connectivity index (χ1n) is 3.78. The number of nitrogens with zero attached hydrogens (tertiary/aromatic N) is 2. The number of hydrogen-bond donors (Lipinski definition) is 0. The van der Waals surface area contributed by atoms with Gasteiger partial charge in [-0.15, -0.1) is 0 Å². The number of halogens is 1. The van der Waals surface area contributed by atoms with Gasteiger partial charge in [0.05, 0.1) is 23.6 Å². The van der Waals surface area contributed by atoms with Crippen LogP contribution in [0.1, 0.15) is 11.1 Å². The number of nitriles is 1. The second kappa shape index (κ2) is 4.72. The summed E-state index contributed by atoms with van der Waals surface area (Å²) < 4.78 is 5.09. The van der Waals surface area contributed by atoms with Gasteiger partial charge in [-0.2, -0.15) is 5.26 Å². The molecule has 0 saturated carbocycles. The SMILES string of the molecule is COC(=O)Cc1cncc(Br)c1C#N. The number of carbonyl (C=O) groups is 1. The van der Waals surface area contributed by atoms with E-state index in [2.05, 4.69) is 25.7 Å². The van der Waals surface area contributed by atoms with Gasteiger partial charge in [0.15, 0.2) is 0 Å². The molecule has 4 nitrogen and oxygen atoms in total. The van der Waals surface area contributed by atoms with E-state index in [1.807, 2.05) is 6.07 Å². The average Bonchev–Trinajstić information content (AvgIpc) is 2.18. The number of hydrogen-bond acceptors (Lipinski definition) is 4. The highest BCUT2D eigenvalue weighted by atomic mass is 79.9. The highest BCUT2D eigenvalue weighted by Crippen LogP contribution is 2.18. The van der Waals surface area contributed by atoms with Crippen molar-refractivity contribution >= 4 is 21.9 Å². The Labute approximate surface area is 89.6 Å². The zero-order chi connectivity index (χ0) is 10.6. The minimum absolute atomic E-state index is 0.0613. The Morgan fingerprint density at radius 1 is 1.71 bits per heavy atom. The van der Waals surface area contributed by atoms with Crippen molar-refractivity contribution in [2.45, 2.75) is 6.42 Å². The summed E-state index contributed by atoms with van der Waals surface area (Å²) in [5, 5.41) is 8.82. The van der Waals surface area contributed by atoms with Gasteiger partial charge in [0.1, 0.15) is 6.07 Å². The molecule has 72 valence electrons. The summed E-state index contributed by atoms with van der Waals surface area (Å²) in [7, 11) is 1.31. The number of carbonyl (C=O) groups excluding carboxylic acids is 1. The van der Waals surface area contributed by atoms with E-state index in [0.717, 1.165) is 0 Å². The first-order chi connectivity index (χ1) is 6.69. The van der Waals surface area contributed by atoms with Crippen LogP contribution in [0.5, 0.6) is 0 Å². The van der Waals surface area contributed by atoms with Gasteiger partial charge in [-0.3, -0.25) is 9.78 Å². The molecule has 0 unspecified atom stereocenters. The van der Waals surface area contributed by atoms with Crippen LogP contribution in [-0.4, -0.2) is 18.1 Å². The minimum Gasteiger partial charge on any atom is -0.469 e. The second-order valence-electron chi connectivity index (χ2n) is 2.52. The first-order valence-corrected chi connectivity index (χ1v) is 4.57. The van der Waals surface area contributed by atoms with E-state index in [1.54, 1.807) is 0 Å². The first kappa shape index (κ1) is 10.7. The molecule has 0 amide bonds. The quantitative estimate of drug-likeness (QED) is 0.750. The van der Waals surface area contributed by atoms with Crippen molar-refractivity contribution in [2.24, 2.45) is 0 Å². The van der Waals surface area contributed by atoms with Gasteiger partial charge in [0.2, 0.25) is 0 Å². The van der Waals surface area contributed by atoms with Crippen molar-refractivity contribution in [1.29, 1.82) is 5.26 Å². The molecule has 1 aromatic rings. The van der Waals surface area contributed by atoms with Crippen molar-refractivity contribution in [3.8, 4) is 6.07 Å². The number of ether oxygens (including phenoxy) is 1. The third-order valence-corrected chi connectivity index (χ3v) is 2.25. The van der Waals surface area contributed by atoms with Gasteiger partial charge in [0, 0.05) is 18.0 Å². The Kier molecular flexibility index (Phi) is 3.60. The topological polar surface area (TPSA) is 63.0 Å². The zero-order valence-corrected chi connectivity index (χ0v) is 9.04. The zero-order valence-electron chi connectivity index (χ0n) is 7.45. The molecule has 1 heterocycles. The normalized spacial score (nSPS) is 9.21. The number of rotatable bonds is 2. The summed E-state index contributed by atoms with van der Waals surface area (Å²) in [6, 6.07) is 2.00. The van der Waals surface area contributed by atoms with E-state index in [9.17, 15) is 4.79 Å². The molecule has 0 aliphatic heterocycles. The molecule has 0 N–H and O–H groups in total. The fourth-order valence-corrected chi connectivity index (χ4v) is 1.42. The number of pyridine rings is 1. The Bertz CT molecular complexity index is 398. The van der Waals surface area contributed by atoms with Crippen LogP contribution in [0.3, 0.4) is 0 Å². The van der Waals surface area contributed by atoms with E-state index in [-0.39, 0.29) is 12.4 Å². The summed E-state index contributed by atoms with van der Waals surface area (Å²) in [4.78, 5) is 14.9. The number of esters is 1. The van der Waals surface area contributed by atoms with Crippen LogP contribution < -0.4 is 0 Å². The van der Waals surface area contributed by atoms with Crippen molar-refractivity contribution in [1.82, 2.24) is 4.98 Å². The van der Waals surface area contributed by atoms with Crippen molar-refractivity contribution < 1.29 is 9.53 Å². The Hall–Kier alpha value is -1.41. The molecule has 0 saturated heterocycles. The average molecular weight is 255 g/mol. The van der Waals surface area contributed by atoms with E-state index in [4.69, 9.17) is 5.26 Å². The molecule has 1 rings (SSSR count). The van der Waals surface area contributed by atoms with Crippen molar-refractivity contribution in [2.75, 3.05) is 7.11 Å². The Balaban J connectivity index is 3.04. The van der Waals surface area contributed by atoms with Gasteiger partial charge >= 0.3 is 5.97 Å². The summed E-state index contributed by atoms with van der Waals surface area (Å²) in [5.74, 6) is -0.388. The maximum absolute atomic E-state index is 11.0. The van der Waals surface area contributed by atoms with Crippen LogP contribution in [-0.2, 0) is 16.0 Å². The third-order valence-electron chi connectivity index (χ3n) is 1.65. The number of methoxy groups -OCH3 is 1. The van der Waals surface area contributed by atoms with Gasteiger partial charge in [-0.1, -0.05) is 0 Å². The predicted octanol–water partition coefficient (Wildman–Crippen LogP) is 1.43.